The molecule has 5 rings (SSSR count). The lowest BCUT2D eigenvalue weighted by molar-refractivity contribution is -0.134. The number of fused-ring (bicyclic) bond motifs is 1. The SMILES string of the molecule is NC(=O)N1CCCC(CC(=O)N2CCC3(CC2)CC3CNC(=O)c2cc3ccncc3o2)C1. The zero-order valence-corrected chi connectivity index (χ0v) is 18.8. The molecule has 2 unspecified atom stereocenters. The van der Waals surface area contributed by atoms with E-state index in [1.165, 1.54) is 0 Å². The number of piperidine rings is 2. The first-order valence-corrected chi connectivity index (χ1v) is 11.9. The molecule has 3 N–H and O–H groups in total. The third-order valence-electron chi connectivity index (χ3n) is 7.82. The molecule has 3 aliphatic rings. The minimum Gasteiger partial charge on any atom is -0.449 e. The molecule has 4 heterocycles. The van der Waals surface area contributed by atoms with Crippen LogP contribution in [0.15, 0.2) is 28.9 Å². The van der Waals surface area contributed by atoms with Gasteiger partial charge < -0.3 is 25.3 Å². The lowest BCUT2D eigenvalue weighted by Crippen LogP contribution is -2.45. The number of furan rings is 1. The lowest BCUT2D eigenvalue weighted by Gasteiger charge is -2.36. The van der Waals surface area contributed by atoms with Crippen LogP contribution in [0.4, 0.5) is 4.79 Å². The summed E-state index contributed by atoms with van der Waals surface area (Å²) in [6.07, 6.45) is 8.70. The van der Waals surface area contributed by atoms with Gasteiger partial charge in [0.1, 0.15) is 0 Å². The number of urea groups is 1. The highest BCUT2D eigenvalue weighted by Crippen LogP contribution is 2.59. The van der Waals surface area contributed by atoms with E-state index in [2.05, 4.69) is 10.3 Å². The van der Waals surface area contributed by atoms with E-state index in [0.717, 1.165) is 50.6 Å². The Balaban J connectivity index is 1.06. The second kappa shape index (κ2) is 8.68. The van der Waals surface area contributed by atoms with Crippen molar-refractivity contribution in [1.82, 2.24) is 20.1 Å². The van der Waals surface area contributed by atoms with Gasteiger partial charge in [-0.25, -0.2) is 4.79 Å². The van der Waals surface area contributed by atoms with Crippen LogP contribution in [0, 0.1) is 17.3 Å². The highest BCUT2D eigenvalue weighted by Gasteiger charge is 2.54. The molecule has 9 heteroatoms. The van der Waals surface area contributed by atoms with E-state index < -0.39 is 6.03 Å². The number of carbonyl (C=O) groups excluding carboxylic acids is 3. The number of pyridine rings is 1. The first kappa shape index (κ1) is 21.7. The van der Waals surface area contributed by atoms with E-state index in [9.17, 15) is 14.4 Å². The molecule has 3 fully saturated rings. The van der Waals surface area contributed by atoms with Gasteiger partial charge in [0.2, 0.25) is 5.91 Å². The fourth-order valence-electron chi connectivity index (χ4n) is 5.64. The first-order chi connectivity index (χ1) is 15.9. The number of aromatic nitrogens is 1. The van der Waals surface area contributed by atoms with Crippen LogP contribution in [0.1, 0.15) is 49.1 Å². The molecule has 0 aromatic carbocycles. The average molecular weight is 454 g/mol. The summed E-state index contributed by atoms with van der Waals surface area (Å²) in [5.41, 5.74) is 6.26. The van der Waals surface area contributed by atoms with Crippen molar-refractivity contribution in [3.63, 3.8) is 0 Å². The predicted molar refractivity (Wildman–Crippen MR) is 121 cm³/mol. The Bertz CT molecular complexity index is 1030. The zero-order chi connectivity index (χ0) is 23.0. The maximum absolute atomic E-state index is 12.8. The molecule has 2 aromatic rings. The summed E-state index contributed by atoms with van der Waals surface area (Å²) in [4.78, 5) is 44.4. The fourth-order valence-corrected chi connectivity index (χ4v) is 5.64. The second-order valence-corrected chi connectivity index (χ2v) is 9.88. The third-order valence-corrected chi connectivity index (χ3v) is 7.82. The summed E-state index contributed by atoms with van der Waals surface area (Å²) in [6.45, 7) is 3.45. The van der Waals surface area contributed by atoms with Crippen LogP contribution in [0.2, 0.25) is 0 Å². The molecule has 2 atom stereocenters. The van der Waals surface area contributed by atoms with Crippen molar-refractivity contribution in [2.45, 2.75) is 38.5 Å². The van der Waals surface area contributed by atoms with Gasteiger partial charge in [-0.05, 0) is 61.5 Å². The van der Waals surface area contributed by atoms with E-state index in [4.69, 9.17) is 10.2 Å². The van der Waals surface area contributed by atoms with Crippen molar-refractivity contribution in [3.05, 3.63) is 30.3 Å². The average Bonchev–Trinajstić information content (AvgIpc) is 3.29. The molecule has 176 valence electrons. The Morgan fingerprint density at radius 2 is 2.03 bits per heavy atom. The summed E-state index contributed by atoms with van der Waals surface area (Å²) in [6, 6.07) is 3.17. The molecular weight excluding hydrogens is 422 g/mol. The lowest BCUT2D eigenvalue weighted by atomic mass is 9.89. The Kier molecular flexibility index (Phi) is 5.72. The highest BCUT2D eigenvalue weighted by molar-refractivity contribution is 5.95. The van der Waals surface area contributed by atoms with E-state index >= 15 is 0 Å². The topological polar surface area (TPSA) is 122 Å². The minimum atomic E-state index is -0.392. The van der Waals surface area contributed by atoms with Crippen LogP contribution in [0.25, 0.3) is 11.0 Å². The quantitative estimate of drug-likeness (QED) is 0.720. The van der Waals surface area contributed by atoms with Gasteiger partial charge in [-0.15, -0.1) is 0 Å². The van der Waals surface area contributed by atoms with Gasteiger partial charge in [-0.2, -0.15) is 0 Å². The summed E-state index contributed by atoms with van der Waals surface area (Å²) in [7, 11) is 0. The number of amides is 4. The molecule has 2 saturated heterocycles. The number of rotatable bonds is 5. The molecule has 33 heavy (non-hydrogen) atoms. The molecule has 0 radical (unpaired) electrons. The Hall–Kier alpha value is -3.10. The molecule has 2 aliphatic heterocycles. The molecular formula is C24H31N5O4. The zero-order valence-electron chi connectivity index (χ0n) is 18.8. The number of hydrogen-bond acceptors (Lipinski definition) is 5. The van der Waals surface area contributed by atoms with Crippen molar-refractivity contribution in [2.75, 3.05) is 32.7 Å². The van der Waals surface area contributed by atoms with E-state index in [1.807, 2.05) is 11.0 Å². The number of carbonyl (C=O) groups is 3. The van der Waals surface area contributed by atoms with Crippen LogP contribution in [-0.4, -0.2) is 65.4 Å². The standard InChI is InChI=1S/C24H31N5O4/c25-23(32)29-7-1-2-16(15-29)10-21(30)28-8-4-24(5-9-28)12-18(24)13-27-22(31)19-11-17-3-6-26-14-20(17)33-19/h3,6,11,14,16,18H,1-2,4-5,7-10,12-13,15H2,(H2,25,32)(H,27,31). The molecule has 0 bridgehead atoms. The molecule has 2 aromatic heterocycles. The van der Waals surface area contributed by atoms with Crippen LogP contribution < -0.4 is 11.1 Å². The Labute approximate surface area is 192 Å². The fraction of sp³-hybridized carbons (Fsp3) is 0.583. The van der Waals surface area contributed by atoms with Crippen LogP contribution in [-0.2, 0) is 4.79 Å². The molecule has 1 spiro atoms. The number of hydrogen-bond donors (Lipinski definition) is 2. The van der Waals surface area contributed by atoms with E-state index in [-0.39, 0.29) is 23.1 Å². The number of nitrogens with zero attached hydrogens (tertiary/aromatic N) is 3. The Morgan fingerprint density at radius 3 is 2.79 bits per heavy atom. The summed E-state index contributed by atoms with van der Waals surface area (Å²) in [5, 5.41) is 3.89. The molecule has 1 aliphatic carbocycles. The Morgan fingerprint density at radius 1 is 1.21 bits per heavy atom. The van der Waals surface area contributed by atoms with Crippen LogP contribution in [0.3, 0.4) is 0 Å². The van der Waals surface area contributed by atoms with Gasteiger partial charge in [0.05, 0.1) is 6.20 Å². The number of primary amides is 1. The first-order valence-electron chi connectivity index (χ1n) is 11.9. The smallest absolute Gasteiger partial charge is 0.314 e. The largest absolute Gasteiger partial charge is 0.449 e. The van der Waals surface area contributed by atoms with Gasteiger partial charge in [0.15, 0.2) is 11.3 Å². The highest BCUT2D eigenvalue weighted by atomic mass is 16.3. The normalized spacial score (nSPS) is 24.1. The van der Waals surface area contributed by atoms with Crippen molar-refractivity contribution < 1.29 is 18.8 Å². The summed E-state index contributed by atoms with van der Waals surface area (Å²) in [5.74, 6) is 0.954. The molecule has 4 amide bonds. The predicted octanol–water partition coefficient (Wildman–Crippen LogP) is 2.37. The maximum Gasteiger partial charge on any atom is 0.314 e. The number of likely N-dealkylation sites (tertiary alicyclic amines) is 2. The molecule has 9 nitrogen and oxygen atoms in total. The number of nitrogens with one attached hydrogen (secondary N) is 1. The number of nitrogens with two attached hydrogens (primary N) is 1. The van der Waals surface area contributed by atoms with Gasteiger partial charge in [-0.1, -0.05) is 0 Å². The second-order valence-electron chi connectivity index (χ2n) is 9.88. The maximum atomic E-state index is 12.8. The minimum absolute atomic E-state index is 0.186. The van der Waals surface area contributed by atoms with Crippen LogP contribution in [0.5, 0.6) is 0 Å². The van der Waals surface area contributed by atoms with Gasteiger partial charge in [-0.3, -0.25) is 14.6 Å². The van der Waals surface area contributed by atoms with Crippen molar-refractivity contribution in [1.29, 1.82) is 0 Å². The third kappa shape index (κ3) is 4.54. The van der Waals surface area contributed by atoms with E-state index in [1.54, 1.807) is 23.4 Å². The van der Waals surface area contributed by atoms with Crippen molar-refractivity contribution in [3.8, 4) is 0 Å². The monoisotopic (exact) mass is 453 g/mol. The van der Waals surface area contributed by atoms with Gasteiger partial charge >= 0.3 is 6.03 Å². The van der Waals surface area contributed by atoms with Crippen LogP contribution >= 0.6 is 0 Å². The van der Waals surface area contributed by atoms with Gasteiger partial charge in [0, 0.05) is 50.7 Å². The summed E-state index contributed by atoms with van der Waals surface area (Å²) >= 11 is 0. The van der Waals surface area contributed by atoms with Crippen molar-refractivity contribution in [2.24, 2.45) is 23.0 Å². The van der Waals surface area contributed by atoms with E-state index in [0.29, 0.717) is 43.3 Å². The molecule has 1 saturated carbocycles. The van der Waals surface area contributed by atoms with Crippen molar-refractivity contribution >= 4 is 28.8 Å². The van der Waals surface area contributed by atoms with Gasteiger partial charge in [0.25, 0.3) is 5.91 Å². The summed E-state index contributed by atoms with van der Waals surface area (Å²) < 4.78 is 5.59.